The second kappa shape index (κ2) is 5.43. The van der Waals surface area contributed by atoms with Crippen molar-refractivity contribution < 1.29 is 4.63 Å². The third-order valence-corrected chi connectivity index (χ3v) is 3.61. The van der Waals surface area contributed by atoms with Gasteiger partial charge in [0.15, 0.2) is 0 Å². The van der Waals surface area contributed by atoms with Crippen LogP contribution in [-0.4, -0.2) is 16.9 Å². The number of aryl methyl sites for hydroxylation is 1. The predicted octanol–water partition coefficient (Wildman–Crippen LogP) is 2.29. The molecule has 1 saturated carbocycles. The number of nitrogens with one attached hydrogen (secondary N) is 1. The monoisotopic (exact) mass is 223 g/mol. The quantitative estimate of drug-likeness (QED) is 0.851. The molecule has 1 aromatic heterocycles. The normalized spacial score (nSPS) is 25.9. The SMILES string of the molecule is Cc1nonc1CNCC1CCC(C)CC1. The second-order valence-corrected chi connectivity index (χ2v) is 5.05. The van der Waals surface area contributed by atoms with Gasteiger partial charge in [-0.05, 0) is 38.1 Å². The lowest BCUT2D eigenvalue weighted by molar-refractivity contribution is 0.278. The van der Waals surface area contributed by atoms with Crippen molar-refractivity contribution in [2.45, 2.75) is 46.1 Å². The number of hydrogen-bond donors (Lipinski definition) is 1. The third kappa shape index (κ3) is 3.04. The van der Waals surface area contributed by atoms with Crippen LogP contribution in [0.15, 0.2) is 4.63 Å². The van der Waals surface area contributed by atoms with Crippen LogP contribution in [0.4, 0.5) is 0 Å². The molecule has 0 amide bonds. The lowest BCUT2D eigenvalue weighted by atomic mass is 9.83. The van der Waals surface area contributed by atoms with E-state index in [1.54, 1.807) is 0 Å². The lowest BCUT2D eigenvalue weighted by Crippen LogP contribution is -2.26. The summed E-state index contributed by atoms with van der Waals surface area (Å²) in [6, 6.07) is 0. The van der Waals surface area contributed by atoms with E-state index in [4.69, 9.17) is 0 Å². The average Bonchev–Trinajstić information content (AvgIpc) is 2.68. The minimum atomic E-state index is 0.779. The molecule has 0 unspecified atom stereocenters. The largest absolute Gasteiger partial charge is 0.311 e. The molecule has 0 spiro atoms. The van der Waals surface area contributed by atoms with Crippen molar-refractivity contribution in [2.75, 3.05) is 6.54 Å². The van der Waals surface area contributed by atoms with Crippen LogP contribution in [0.25, 0.3) is 0 Å². The Hall–Kier alpha value is -0.900. The maximum absolute atomic E-state index is 4.66. The second-order valence-electron chi connectivity index (χ2n) is 5.05. The summed E-state index contributed by atoms with van der Waals surface area (Å²) in [4.78, 5) is 0. The summed E-state index contributed by atoms with van der Waals surface area (Å²) in [5.74, 6) is 1.77. The molecule has 1 N–H and O–H groups in total. The summed E-state index contributed by atoms with van der Waals surface area (Å²) in [6.07, 6.45) is 5.50. The van der Waals surface area contributed by atoms with Crippen molar-refractivity contribution >= 4 is 0 Å². The molecule has 1 aliphatic rings. The van der Waals surface area contributed by atoms with Gasteiger partial charge >= 0.3 is 0 Å². The molecule has 0 saturated heterocycles. The van der Waals surface area contributed by atoms with E-state index in [1.165, 1.54) is 25.7 Å². The van der Waals surface area contributed by atoms with E-state index in [9.17, 15) is 0 Å². The summed E-state index contributed by atoms with van der Waals surface area (Å²) >= 11 is 0. The van der Waals surface area contributed by atoms with Crippen molar-refractivity contribution in [3.05, 3.63) is 11.4 Å². The van der Waals surface area contributed by atoms with Gasteiger partial charge in [-0.25, -0.2) is 4.63 Å². The van der Waals surface area contributed by atoms with E-state index in [0.717, 1.165) is 36.3 Å². The fourth-order valence-electron chi connectivity index (χ4n) is 2.34. The molecule has 0 atom stereocenters. The van der Waals surface area contributed by atoms with Crippen LogP contribution in [0, 0.1) is 18.8 Å². The molecule has 1 heterocycles. The maximum Gasteiger partial charge on any atom is 0.121 e. The third-order valence-electron chi connectivity index (χ3n) is 3.61. The smallest absolute Gasteiger partial charge is 0.121 e. The number of aromatic nitrogens is 2. The molecular formula is C12H21N3O. The average molecular weight is 223 g/mol. The molecule has 0 aliphatic heterocycles. The van der Waals surface area contributed by atoms with Crippen LogP contribution >= 0.6 is 0 Å². The summed E-state index contributed by atoms with van der Waals surface area (Å²) in [7, 11) is 0. The first-order valence-corrected chi connectivity index (χ1v) is 6.24. The molecule has 1 aromatic rings. The highest BCUT2D eigenvalue weighted by atomic mass is 16.6. The highest BCUT2D eigenvalue weighted by molar-refractivity contribution is 5.03. The Balaban J connectivity index is 1.67. The zero-order valence-electron chi connectivity index (χ0n) is 10.2. The van der Waals surface area contributed by atoms with Crippen LogP contribution in [-0.2, 0) is 6.54 Å². The lowest BCUT2D eigenvalue weighted by Gasteiger charge is -2.26. The van der Waals surface area contributed by atoms with Gasteiger partial charge < -0.3 is 5.32 Å². The van der Waals surface area contributed by atoms with Crippen molar-refractivity contribution in [3.63, 3.8) is 0 Å². The van der Waals surface area contributed by atoms with E-state index < -0.39 is 0 Å². The van der Waals surface area contributed by atoms with Gasteiger partial charge in [-0.2, -0.15) is 0 Å². The van der Waals surface area contributed by atoms with Gasteiger partial charge in [0, 0.05) is 6.54 Å². The van der Waals surface area contributed by atoms with Gasteiger partial charge in [0.2, 0.25) is 0 Å². The summed E-state index contributed by atoms with van der Waals surface area (Å²) in [6.45, 7) is 6.16. The molecule has 1 aliphatic carbocycles. The van der Waals surface area contributed by atoms with E-state index in [2.05, 4.69) is 27.2 Å². The molecule has 0 bridgehead atoms. The summed E-state index contributed by atoms with van der Waals surface area (Å²) in [5.41, 5.74) is 1.83. The number of nitrogens with zero attached hydrogens (tertiary/aromatic N) is 2. The van der Waals surface area contributed by atoms with Gasteiger partial charge in [0.1, 0.15) is 11.4 Å². The Morgan fingerprint density at radius 1 is 1.25 bits per heavy atom. The number of rotatable bonds is 4. The van der Waals surface area contributed by atoms with E-state index in [0.29, 0.717) is 0 Å². The molecule has 0 radical (unpaired) electrons. The van der Waals surface area contributed by atoms with E-state index in [1.807, 2.05) is 6.92 Å². The molecule has 1 fully saturated rings. The summed E-state index contributed by atoms with van der Waals surface area (Å²) in [5, 5.41) is 11.1. The van der Waals surface area contributed by atoms with Crippen LogP contribution in [0.2, 0.25) is 0 Å². The first-order valence-electron chi connectivity index (χ1n) is 6.24. The van der Waals surface area contributed by atoms with E-state index in [-0.39, 0.29) is 0 Å². The summed E-state index contributed by atoms with van der Waals surface area (Å²) < 4.78 is 4.66. The topological polar surface area (TPSA) is 51.0 Å². The number of hydrogen-bond acceptors (Lipinski definition) is 4. The molecule has 4 nitrogen and oxygen atoms in total. The van der Waals surface area contributed by atoms with Crippen LogP contribution in [0.3, 0.4) is 0 Å². The molecular weight excluding hydrogens is 202 g/mol. The standard InChI is InChI=1S/C12H21N3O/c1-9-3-5-11(6-4-9)7-13-8-12-10(2)14-16-15-12/h9,11,13H,3-8H2,1-2H3. The Bertz CT molecular complexity index is 316. The molecule has 2 rings (SSSR count). The Morgan fingerprint density at radius 3 is 2.62 bits per heavy atom. The molecule has 16 heavy (non-hydrogen) atoms. The first kappa shape index (κ1) is 11.6. The zero-order valence-corrected chi connectivity index (χ0v) is 10.2. The van der Waals surface area contributed by atoms with Crippen molar-refractivity contribution in [1.82, 2.24) is 15.6 Å². The highest BCUT2D eigenvalue weighted by Gasteiger charge is 2.17. The van der Waals surface area contributed by atoms with Crippen LogP contribution in [0.5, 0.6) is 0 Å². The highest BCUT2D eigenvalue weighted by Crippen LogP contribution is 2.27. The van der Waals surface area contributed by atoms with Crippen molar-refractivity contribution in [1.29, 1.82) is 0 Å². The molecule has 90 valence electrons. The van der Waals surface area contributed by atoms with Crippen molar-refractivity contribution in [3.8, 4) is 0 Å². The van der Waals surface area contributed by atoms with Gasteiger partial charge in [-0.15, -0.1) is 0 Å². The van der Waals surface area contributed by atoms with Gasteiger partial charge in [0.25, 0.3) is 0 Å². The minimum absolute atomic E-state index is 0.779. The zero-order chi connectivity index (χ0) is 11.4. The van der Waals surface area contributed by atoms with Crippen LogP contribution in [0.1, 0.15) is 44.0 Å². The first-order chi connectivity index (χ1) is 7.75. The van der Waals surface area contributed by atoms with Crippen LogP contribution < -0.4 is 5.32 Å². The fraction of sp³-hybridized carbons (Fsp3) is 0.833. The van der Waals surface area contributed by atoms with Crippen molar-refractivity contribution in [2.24, 2.45) is 11.8 Å². The maximum atomic E-state index is 4.66. The Morgan fingerprint density at radius 2 is 2.00 bits per heavy atom. The minimum Gasteiger partial charge on any atom is -0.311 e. The Labute approximate surface area is 96.8 Å². The fourth-order valence-corrected chi connectivity index (χ4v) is 2.34. The molecule has 4 heteroatoms. The Kier molecular flexibility index (Phi) is 3.93. The molecule has 0 aromatic carbocycles. The van der Waals surface area contributed by atoms with Gasteiger partial charge in [0.05, 0.1) is 0 Å². The van der Waals surface area contributed by atoms with Gasteiger partial charge in [-0.3, -0.25) is 0 Å². The van der Waals surface area contributed by atoms with E-state index >= 15 is 0 Å². The predicted molar refractivity (Wildman–Crippen MR) is 61.9 cm³/mol. The van der Waals surface area contributed by atoms with Gasteiger partial charge in [-0.1, -0.05) is 30.1 Å².